The summed E-state index contributed by atoms with van der Waals surface area (Å²) in [4.78, 5) is 13.2. The molecule has 0 radical (unpaired) electrons. The fourth-order valence-corrected chi connectivity index (χ4v) is 4.60. The summed E-state index contributed by atoms with van der Waals surface area (Å²) >= 11 is 6.47. The number of methoxy groups -OCH3 is 1. The quantitative estimate of drug-likeness (QED) is 0.210. The molecule has 0 spiro atoms. The molecule has 0 aliphatic heterocycles. The van der Waals surface area contributed by atoms with Gasteiger partial charge in [-0.15, -0.1) is 0 Å². The van der Waals surface area contributed by atoms with Crippen LogP contribution in [0.2, 0.25) is 5.02 Å². The van der Waals surface area contributed by atoms with Crippen LogP contribution in [0.15, 0.2) is 77.2 Å². The topological polar surface area (TPSA) is 108 Å². The lowest BCUT2D eigenvalue weighted by Gasteiger charge is -2.18. The van der Waals surface area contributed by atoms with Crippen LogP contribution in [0, 0.1) is 18.3 Å². The SMILES string of the molecule is COc1cc(Cl)c(C(=O)N[C@@H](CO)Cc2ccc(C#N)cc2)cc1-c1ccc(CN[C@H](C)c2ccc(C)cc2)o1. The van der Waals surface area contributed by atoms with E-state index < -0.39 is 11.9 Å². The summed E-state index contributed by atoms with van der Waals surface area (Å²) < 4.78 is 11.6. The van der Waals surface area contributed by atoms with Gasteiger partial charge in [-0.3, -0.25) is 4.79 Å². The van der Waals surface area contributed by atoms with Crippen LogP contribution in [0.5, 0.6) is 5.75 Å². The first-order valence-corrected chi connectivity index (χ1v) is 13.4. The summed E-state index contributed by atoms with van der Waals surface area (Å²) in [6.45, 7) is 4.42. The second-order valence-electron chi connectivity index (χ2n) is 9.68. The van der Waals surface area contributed by atoms with Crippen molar-refractivity contribution in [2.45, 2.75) is 38.9 Å². The van der Waals surface area contributed by atoms with Crippen molar-refractivity contribution >= 4 is 17.5 Å². The van der Waals surface area contributed by atoms with Gasteiger partial charge in [-0.2, -0.15) is 5.26 Å². The van der Waals surface area contributed by atoms with E-state index in [1.54, 1.807) is 36.4 Å². The van der Waals surface area contributed by atoms with Gasteiger partial charge in [-0.05, 0) is 61.7 Å². The van der Waals surface area contributed by atoms with Crippen molar-refractivity contribution in [1.29, 1.82) is 5.26 Å². The van der Waals surface area contributed by atoms with Crippen LogP contribution in [0.3, 0.4) is 0 Å². The summed E-state index contributed by atoms with van der Waals surface area (Å²) in [5, 5.41) is 25.4. The van der Waals surface area contributed by atoms with Crippen LogP contribution in [-0.4, -0.2) is 30.8 Å². The number of carbonyl (C=O) groups is 1. The molecule has 0 aliphatic rings. The normalized spacial score (nSPS) is 12.4. The maximum Gasteiger partial charge on any atom is 0.253 e. The number of benzene rings is 3. The molecular formula is C32H32ClN3O4. The van der Waals surface area contributed by atoms with E-state index in [1.807, 2.05) is 12.1 Å². The van der Waals surface area contributed by atoms with E-state index in [4.69, 9.17) is 26.0 Å². The summed E-state index contributed by atoms with van der Waals surface area (Å²) in [6.07, 6.45) is 0.393. The Kier molecular flexibility index (Phi) is 9.62. The smallest absolute Gasteiger partial charge is 0.253 e. The Hall–Kier alpha value is -4.09. The Morgan fingerprint density at radius 3 is 2.48 bits per heavy atom. The molecule has 1 amide bonds. The van der Waals surface area contributed by atoms with Crippen molar-refractivity contribution in [3.05, 3.63) is 111 Å². The van der Waals surface area contributed by atoms with Gasteiger partial charge < -0.3 is 24.9 Å². The average Bonchev–Trinajstić information content (AvgIpc) is 3.44. The van der Waals surface area contributed by atoms with E-state index in [2.05, 4.69) is 54.8 Å². The minimum atomic E-state index is -0.543. The van der Waals surface area contributed by atoms with Gasteiger partial charge in [-0.1, -0.05) is 53.6 Å². The Labute approximate surface area is 239 Å². The van der Waals surface area contributed by atoms with Crippen LogP contribution in [-0.2, 0) is 13.0 Å². The molecule has 0 aliphatic carbocycles. The summed E-state index contributed by atoms with van der Waals surface area (Å²) in [5.41, 5.74) is 4.65. The third kappa shape index (κ3) is 7.10. The summed E-state index contributed by atoms with van der Waals surface area (Å²) in [7, 11) is 1.53. The van der Waals surface area contributed by atoms with E-state index in [0.717, 1.165) is 11.3 Å². The number of nitrogens with one attached hydrogen (secondary N) is 2. The average molecular weight is 558 g/mol. The number of carbonyl (C=O) groups excluding carboxylic acids is 1. The highest BCUT2D eigenvalue weighted by atomic mass is 35.5. The lowest BCUT2D eigenvalue weighted by Crippen LogP contribution is -2.39. The van der Waals surface area contributed by atoms with E-state index in [1.165, 1.54) is 18.2 Å². The Bertz CT molecular complexity index is 1490. The highest BCUT2D eigenvalue weighted by Gasteiger charge is 2.21. The van der Waals surface area contributed by atoms with Crippen LogP contribution >= 0.6 is 11.6 Å². The van der Waals surface area contributed by atoms with Gasteiger partial charge >= 0.3 is 0 Å². The monoisotopic (exact) mass is 557 g/mol. The number of halogens is 1. The van der Waals surface area contributed by atoms with E-state index in [0.29, 0.717) is 35.6 Å². The largest absolute Gasteiger partial charge is 0.496 e. The molecule has 7 nitrogen and oxygen atoms in total. The molecule has 3 aromatic carbocycles. The minimum absolute atomic E-state index is 0.137. The Balaban J connectivity index is 1.48. The lowest BCUT2D eigenvalue weighted by atomic mass is 10.0. The number of furan rings is 1. The zero-order chi connectivity index (χ0) is 28.6. The molecule has 1 aromatic heterocycles. The Morgan fingerprint density at radius 1 is 1.10 bits per heavy atom. The van der Waals surface area contributed by atoms with Gasteiger partial charge in [0.2, 0.25) is 0 Å². The van der Waals surface area contributed by atoms with Gasteiger partial charge in [0.15, 0.2) is 0 Å². The van der Waals surface area contributed by atoms with Gasteiger partial charge in [0.25, 0.3) is 5.91 Å². The maximum absolute atomic E-state index is 13.2. The predicted octanol–water partition coefficient (Wildman–Crippen LogP) is 5.97. The predicted molar refractivity (Wildman–Crippen MR) is 155 cm³/mol. The van der Waals surface area contributed by atoms with Crippen molar-refractivity contribution in [3.63, 3.8) is 0 Å². The number of ether oxygens (including phenoxy) is 1. The molecular weight excluding hydrogens is 526 g/mol. The van der Waals surface area contributed by atoms with E-state index >= 15 is 0 Å². The number of hydrogen-bond acceptors (Lipinski definition) is 6. The number of aliphatic hydroxyl groups excluding tert-OH is 1. The van der Waals surface area contributed by atoms with Gasteiger partial charge in [0, 0.05) is 12.1 Å². The van der Waals surface area contributed by atoms with Crippen molar-refractivity contribution in [2.75, 3.05) is 13.7 Å². The van der Waals surface area contributed by atoms with Crippen molar-refractivity contribution in [2.24, 2.45) is 0 Å². The molecule has 4 rings (SSSR count). The first kappa shape index (κ1) is 28.9. The summed E-state index contributed by atoms with van der Waals surface area (Å²) in [6, 6.07) is 24.0. The lowest BCUT2D eigenvalue weighted by molar-refractivity contribution is 0.0916. The van der Waals surface area contributed by atoms with E-state index in [9.17, 15) is 9.90 Å². The molecule has 0 bridgehead atoms. The molecule has 206 valence electrons. The van der Waals surface area contributed by atoms with Crippen molar-refractivity contribution in [1.82, 2.24) is 10.6 Å². The fraction of sp³-hybridized carbons (Fsp3) is 0.250. The third-order valence-corrected chi connectivity index (χ3v) is 7.05. The minimum Gasteiger partial charge on any atom is -0.496 e. The second kappa shape index (κ2) is 13.3. The van der Waals surface area contributed by atoms with Gasteiger partial charge in [0.05, 0.1) is 54.1 Å². The van der Waals surface area contributed by atoms with E-state index in [-0.39, 0.29) is 23.2 Å². The maximum atomic E-state index is 13.2. The third-order valence-electron chi connectivity index (χ3n) is 6.74. The molecule has 0 unspecified atom stereocenters. The molecule has 0 saturated carbocycles. The van der Waals surface area contributed by atoms with Crippen LogP contribution < -0.4 is 15.4 Å². The highest BCUT2D eigenvalue weighted by Crippen LogP contribution is 2.36. The Morgan fingerprint density at radius 2 is 1.82 bits per heavy atom. The molecule has 2 atom stereocenters. The number of hydrogen-bond donors (Lipinski definition) is 3. The van der Waals surface area contributed by atoms with Gasteiger partial charge in [-0.25, -0.2) is 0 Å². The number of nitrogens with zero attached hydrogens (tertiary/aromatic N) is 1. The summed E-state index contributed by atoms with van der Waals surface area (Å²) in [5.74, 6) is 1.32. The zero-order valence-electron chi connectivity index (χ0n) is 22.7. The number of rotatable bonds is 11. The fourth-order valence-electron chi connectivity index (χ4n) is 4.36. The molecule has 4 aromatic rings. The molecule has 3 N–H and O–H groups in total. The zero-order valence-corrected chi connectivity index (χ0v) is 23.5. The first-order valence-electron chi connectivity index (χ1n) is 13.0. The molecule has 0 saturated heterocycles. The molecule has 1 heterocycles. The first-order chi connectivity index (χ1) is 19.3. The van der Waals surface area contributed by atoms with Crippen molar-refractivity contribution in [3.8, 4) is 23.1 Å². The van der Waals surface area contributed by atoms with Crippen molar-refractivity contribution < 1.29 is 19.1 Å². The van der Waals surface area contributed by atoms with Crippen LogP contribution in [0.4, 0.5) is 0 Å². The second-order valence-corrected chi connectivity index (χ2v) is 10.1. The number of nitriles is 1. The van der Waals surface area contributed by atoms with Crippen LogP contribution in [0.25, 0.3) is 11.3 Å². The van der Waals surface area contributed by atoms with Crippen LogP contribution in [0.1, 0.15) is 51.3 Å². The van der Waals surface area contributed by atoms with Gasteiger partial charge in [0.1, 0.15) is 17.3 Å². The standard InChI is InChI=1S/C32H32ClN3O4/c1-20-4-10-24(11-5-20)21(2)35-18-26-12-13-30(40-26)28-15-27(29(33)16-31(28)39-3)32(38)36-25(19-37)14-22-6-8-23(17-34)9-7-22/h4-13,15-16,21,25,35,37H,14,18-19H2,1-3H3,(H,36,38)/t21-,25-/m1/s1. The molecule has 0 fully saturated rings. The number of aliphatic hydroxyl groups is 1. The molecule has 40 heavy (non-hydrogen) atoms. The highest BCUT2D eigenvalue weighted by molar-refractivity contribution is 6.34. The number of aryl methyl sites for hydroxylation is 1. The number of amides is 1. The molecule has 8 heteroatoms.